The van der Waals surface area contributed by atoms with Crippen molar-refractivity contribution in [3.05, 3.63) is 81.5 Å². The van der Waals surface area contributed by atoms with Crippen molar-refractivity contribution in [2.75, 3.05) is 19.8 Å². The summed E-state index contributed by atoms with van der Waals surface area (Å²) in [5, 5.41) is 10.9. The fourth-order valence-electron chi connectivity index (χ4n) is 4.77. The summed E-state index contributed by atoms with van der Waals surface area (Å²) < 4.78 is 23.6. The largest absolute Gasteiger partial charge is 0.460 e. The van der Waals surface area contributed by atoms with E-state index in [9.17, 15) is 9.90 Å². The van der Waals surface area contributed by atoms with Gasteiger partial charge in [-0.2, -0.15) is 0 Å². The Bertz CT molecular complexity index is 1780. The zero-order chi connectivity index (χ0) is 40.0. The van der Waals surface area contributed by atoms with Crippen LogP contribution in [0.4, 0.5) is 0 Å². The van der Waals surface area contributed by atoms with Gasteiger partial charge >= 0.3 is 5.97 Å². The molecule has 0 amide bonds. The minimum Gasteiger partial charge on any atom is -0.460 e. The number of rotatable bonds is 13. The minimum atomic E-state index is -1.84. The Kier molecular flexibility index (Phi) is 18.7. The quantitative estimate of drug-likeness (QED) is 0.105. The molecule has 2 aromatic heterocycles. The van der Waals surface area contributed by atoms with Gasteiger partial charge in [-0.3, -0.25) is 0 Å². The normalized spacial score (nSPS) is 12.3. The number of ether oxygens (including phenoxy) is 1. The van der Waals surface area contributed by atoms with Crippen LogP contribution in [0.3, 0.4) is 0 Å². The van der Waals surface area contributed by atoms with Gasteiger partial charge in [0, 0.05) is 45.6 Å². The Morgan fingerprint density at radius 3 is 1.45 bits per heavy atom. The average molecular weight is 925 g/mol. The van der Waals surface area contributed by atoms with Gasteiger partial charge in [0.25, 0.3) is 0 Å². The third kappa shape index (κ3) is 14.2. The van der Waals surface area contributed by atoms with Gasteiger partial charge in [0.1, 0.15) is 11.4 Å². The third-order valence-electron chi connectivity index (χ3n) is 10.0. The van der Waals surface area contributed by atoms with E-state index in [1.807, 2.05) is 70.1 Å². The van der Waals surface area contributed by atoms with Crippen molar-refractivity contribution in [3.8, 4) is 22.5 Å². The molecule has 55 heavy (non-hydrogen) atoms. The van der Waals surface area contributed by atoms with Crippen LogP contribution in [-0.2, 0) is 32.3 Å². The molecule has 0 aliphatic heterocycles. The third-order valence-corrected chi connectivity index (χ3v) is 20.2. The molecule has 1 N–H and O–H groups in total. The molecule has 0 saturated carbocycles. The summed E-state index contributed by atoms with van der Waals surface area (Å²) in [6, 6.07) is 15.9. The maximum atomic E-state index is 12.3. The van der Waals surface area contributed by atoms with Crippen molar-refractivity contribution in [2.45, 2.75) is 132 Å². The fourth-order valence-corrected chi connectivity index (χ4v) is 7.37. The highest BCUT2D eigenvalue weighted by Gasteiger charge is 2.38. The molecular weight excluding hydrogens is 856 g/mol. The number of aromatic nitrogens is 4. The highest BCUT2D eigenvalue weighted by Crippen LogP contribution is 2.37. The Morgan fingerprint density at radius 2 is 1.07 bits per heavy atom. The topological polar surface area (TPSA) is 101 Å². The number of imidazole rings is 2. The van der Waals surface area contributed by atoms with E-state index in [0.717, 1.165) is 31.5 Å². The lowest BCUT2D eigenvalue weighted by Gasteiger charge is -2.36. The molecular formula is C42H68Br2N4O5Si2. The van der Waals surface area contributed by atoms with E-state index < -0.39 is 28.2 Å². The second-order valence-electron chi connectivity index (χ2n) is 16.8. The van der Waals surface area contributed by atoms with Crippen LogP contribution in [0.15, 0.2) is 69.9 Å². The molecule has 0 atom stereocenters. The van der Waals surface area contributed by atoms with Gasteiger partial charge in [-0.05, 0) is 81.3 Å². The summed E-state index contributed by atoms with van der Waals surface area (Å²) in [4.78, 5) is 21.6. The zero-order valence-corrected chi connectivity index (χ0v) is 39.1. The van der Waals surface area contributed by atoms with E-state index >= 15 is 0 Å². The van der Waals surface area contributed by atoms with Gasteiger partial charge in [0.05, 0.1) is 31.2 Å². The van der Waals surface area contributed by atoms with Crippen LogP contribution in [0, 0.1) is 0 Å². The number of aliphatic hydroxyl groups is 1. The standard InChI is InChI=1S/C20H29BrN2O3Si.C20H31BrN2O2Si.2CH4/c1-7-25-19(24)18-22-17(15-8-10-16(21)11-9-15)14-23(18)12-13-26-27(5,6)20(2,3)4;1-19(2,3)26(6,7)25-13-12-23-14-17(22-18(23)20(4,5)24)15-8-10-16(21)11-9-15;;/h8-11,14H,7,12-13H2,1-6H3;8-11,14,24H,12-13H2,1-7H3;2*1H4. The molecule has 0 bridgehead atoms. The van der Waals surface area contributed by atoms with Crippen molar-refractivity contribution in [2.24, 2.45) is 0 Å². The number of carbonyl (C=O) groups excluding carboxylic acids is 1. The van der Waals surface area contributed by atoms with E-state index in [1.165, 1.54) is 0 Å². The van der Waals surface area contributed by atoms with Crippen LogP contribution in [0.5, 0.6) is 0 Å². The maximum absolute atomic E-state index is 12.3. The molecule has 13 heteroatoms. The Balaban J connectivity index is 0.000000531. The number of hydrogen-bond acceptors (Lipinski definition) is 7. The summed E-state index contributed by atoms with van der Waals surface area (Å²) in [6.45, 7) is 30.4. The molecule has 0 radical (unpaired) electrons. The number of benzene rings is 2. The second kappa shape index (κ2) is 20.3. The Hall–Kier alpha value is -2.40. The van der Waals surface area contributed by atoms with Gasteiger partial charge in [-0.25, -0.2) is 14.8 Å². The van der Waals surface area contributed by atoms with Crippen LogP contribution in [-0.4, -0.2) is 66.6 Å². The SMILES string of the molecule is C.C.CC(C)(O)c1nc(-c2ccc(Br)cc2)cn1CCO[Si](C)(C)C(C)(C)C.CCOC(=O)c1nc(-c2ccc(Br)cc2)cn1CCO[Si](C)(C)C(C)(C)C. The van der Waals surface area contributed by atoms with E-state index in [2.05, 4.69) is 105 Å². The lowest BCUT2D eigenvalue weighted by atomic mass is 10.1. The number of hydrogen-bond donors (Lipinski definition) is 1. The summed E-state index contributed by atoms with van der Waals surface area (Å²) in [6.07, 6.45) is 3.90. The lowest BCUT2D eigenvalue weighted by Crippen LogP contribution is -2.41. The second-order valence-corrected chi connectivity index (χ2v) is 28.2. The van der Waals surface area contributed by atoms with Crippen LogP contribution >= 0.6 is 31.9 Å². The van der Waals surface area contributed by atoms with Gasteiger partial charge in [0.2, 0.25) is 5.82 Å². The summed E-state index contributed by atoms with van der Waals surface area (Å²) in [7, 11) is -3.62. The van der Waals surface area contributed by atoms with E-state index in [1.54, 1.807) is 20.8 Å². The molecule has 0 unspecified atom stereocenters. The van der Waals surface area contributed by atoms with Gasteiger partial charge < -0.3 is 27.8 Å². The number of nitrogens with zero attached hydrogens (tertiary/aromatic N) is 4. The smallest absolute Gasteiger partial charge is 0.374 e. The fraction of sp³-hybridized carbons (Fsp3) is 0.548. The predicted octanol–water partition coefficient (Wildman–Crippen LogP) is 12.3. The molecule has 0 saturated heterocycles. The van der Waals surface area contributed by atoms with Crippen LogP contribution in [0.2, 0.25) is 36.3 Å². The maximum Gasteiger partial charge on any atom is 0.374 e. The Labute approximate surface area is 351 Å². The summed E-state index contributed by atoms with van der Waals surface area (Å²) in [5.74, 6) is 0.566. The van der Waals surface area contributed by atoms with Crippen LogP contribution in [0.1, 0.15) is 93.6 Å². The van der Waals surface area contributed by atoms with Crippen LogP contribution < -0.4 is 0 Å². The van der Waals surface area contributed by atoms with E-state index in [0.29, 0.717) is 44.6 Å². The molecule has 2 aromatic carbocycles. The van der Waals surface area contributed by atoms with E-state index in [-0.39, 0.29) is 24.9 Å². The highest BCUT2D eigenvalue weighted by molar-refractivity contribution is 9.10. The molecule has 0 fully saturated rings. The first-order valence-electron chi connectivity index (χ1n) is 18.2. The molecule has 0 aliphatic carbocycles. The van der Waals surface area contributed by atoms with Crippen LogP contribution in [0.25, 0.3) is 22.5 Å². The monoisotopic (exact) mass is 922 g/mol. The first kappa shape index (κ1) is 50.6. The number of carbonyl (C=O) groups is 1. The van der Waals surface area contributed by atoms with Crippen molar-refractivity contribution in [1.82, 2.24) is 19.1 Å². The molecule has 308 valence electrons. The first-order chi connectivity index (χ1) is 24.4. The van der Waals surface area contributed by atoms with Crippen molar-refractivity contribution >= 4 is 54.5 Å². The molecule has 9 nitrogen and oxygen atoms in total. The molecule has 4 aromatic rings. The predicted molar refractivity (Wildman–Crippen MR) is 242 cm³/mol. The van der Waals surface area contributed by atoms with Crippen molar-refractivity contribution < 1.29 is 23.5 Å². The number of halogens is 2. The van der Waals surface area contributed by atoms with E-state index in [4.69, 9.17) is 18.6 Å². The number of esters is 1. The lowest BCUT2D eigenvalue weighted by molar-refractivity contribution is 0.0505. The Morgan fingerprint density at radius 1 is 0.691 bits per heavy atom. The van der Waals surface area contributed by atoms with Gasteiger partial charge in [0.15, 0.2) is 16.6 Å². The zero-order valence-electron chi connectivity index (χ0n) is 33.9. The highest BCUT2D eigenvalue weighted by atomic mass is 79.9. The molecule has 2 heterocycles. The summed E-state index contributed by atoms with van der Waals surface area (Å²) in [5.41, 5.74) is 2.58. The van der Waals surface area contributed by atoms with Crippen molar-refractivity contribution in [1.29, 1.82) is 0 Å². The molecule has 0 spiro atoms. The molecule has 4 rings (SSSR count). The first-order valence-corrected chi connectivity index (χ1v) is 25.6. The molecule has 0 aliphatic rings. The average Bonchev–Trinajstić information content (AvgIpc) is 3.66. The summed E-state index contributed by atoms with van der Waals surface area (Å²) >= 11 is 6.90. The van der Waals surface area contributed by atoms with Gasteiger partial charge in [-0.1, -0.05) is 113 Å². The van der Waals surface area contributed by atoms with Crippen molar-refractivity contribution in [3.63, 3.8) is 0 Å². The minimum absolute atomic E-state index is 0. The van der Waals surface area contributed by atoms with Gasteiger partial charge in [-0.15, -0.1) is 0 Å².